The lowest BCUT2D eigenvalue weighted by molar-refractivity contribution is 0.584. The molecule has 3 aromatic rings. The van der Waals surface area contributed by atoms with Crippen LogP contribution in [0.3, 0.4) is 0 Å². The van der Waals surface area contributed by atoms with Gasteiger partial charge in [-0.15, -0.1) is 11.8 Å². The number of nitrogens with zero attached hydrogens (tertiary/aromatic N) is 1. The van der Waals surface area contributed by atoms with Gasteiger partial charge in [0.2, 0.25) is 10.0 Å². The highest BCUT2D eigenvalue weighted by atomic mass is 32.2. The quantitative estimate of drug-likeness (QED) is 0.494. The molecular weight excluding hydrogens is 376 g/mol. The van der Waals surface area contributed by atoms with Crippen LogP contribution in [0.4, 0.5) is 0 Å². The third kappa shape index (κ3) is 4.14. The standard InChI is InChI=1S/C17H18N2O3S3/c1-2-19-15-9-8-14(12-16(15)24-17(19)20)25(21,22)18-10-11-23-13-6-4-3-5-7-13/h3-9,12,18H,2,10-11H2,1H3. The van der Waals surface area contributed by atoms with Crippen LogP contribution >= 0.6 is 23.1 Å². The maximum absolute atomic E-state index is 12.4. The molecule has 0 aliphatic carbocycles. The van der Waals surface area contributed by atoms with Crippen LogP contribution in [0.1, 0.15) is 6.92 Å². The van der Waals surface area contributed by atoms with Crippen molar-refractivity contribution in [2.24, 2.45) is 0 Å². The molecule has 0 saturated heterocycles. The number of aryl methyl sites for hydroxylation is 1. The van der Waals surface area contributed by atoms with Gasteiger partial charge in [0.1, 0.15) is 0 Å². The molecule has 0 atom stereocenters. The van der Waals surface area contributed by atoms with E-state index in [1.165, 1.54) is 0 Å². The Kier molecular flexibility index (Phi) is 5.63. The fourth-order valence-corrected chi connectivity index (χ4v) is 5.50. The Balaban J connectivity index is 1.69. The first-order chi connectivity index (χ1) is 12.0. The van der Waals surface area contributed by atoms with Crippen molar-refractivity contribution in [2.45, 2.75) is 23.3 Å². The second-order valence-electron chi connectivity index (χ2n) is 5.30. The average molecular weight is 395 g/mol. The van der Waals surface area contributed by atoms with Crippen molar-refractivity contribution in [3.8, 4) is 0 Å². The molecule has 3 rings (SSSR count). The molecule has 0 radical (unpaired) electrons. The molecule has 0 amide bonds. The lowest BCUT2D eigenvalue weighted by Crippen LogP contribution is -2.26. The van der Waals surface area contributed by atoms with E-state index in [4.69, 9.17) is 0 Å². The number of aromatic nitrogens is 1. The van der Waals surface area contributed by atoms with Gasteiger partial charge in [0.05, 0.1) is 15.1 Å². The number of fused-ring (bicyclic) bond motifs is 1. The van der Waals surface area contributed by atoms with Gasteiger partial charge in [-0.1, -0.05) is 29.5 Å². The molecule has 0 saturated carbocycles. The molecule has 1 N–H and O–H groups in total. The number of sulfonamides is 1. The van der Waals surface area contributed by atoms with Crippen molar-refractivity contribution in [1.82, 2.24) is 9.29 Å². The zero-order chi connectivity index (χ0) is 17.9. The predicted molar refractivity (Wildman–Crippen MR) is 104 cm³/mol. The number of thiazole rings is 1. The lowest BCUT2D eigenvalue weighted by atomic mass is 10.3. The van der Waals surface area contributed by atoms with Crippen LogP contribution in [0.2, 0.25) is 0 Å². The first-order valence-corrected chi connectivity index (χ1v) is 11.1. The molecule has 5 nitrogen and oxygen atoms in total. The minimum absolute atomic E-state index is 0.0701. The van der Waals surface area contributed by atoms with E-state index in [1.807, 2.05) is 37.3 Å². The molecule has 0 spiro atoms. The van der Waals surface area contributed by atoms with Crippen LogP contribution in [-0.2, 0) is 16.6 Å². The molecule has 0 aliphatic rings. The molecule has 1 aromatic heterocycles. The summed E-state index contributed by atoms with van der Waals surface area (Å²) in [5, 5.41) is 0. The number of benzene rings is 2. The molecule has 132 valence electrons. The maximum Gasteiger partial charge on any atom is 0.308 e. The summed E-state index contributed by atoms with van der Waals surface area (Å²) in [5.74, 6) is 0.644. The summed E-state index contributed by atoms with van der Waals surface area (Å²) < 4.78 is 29.8. The van der Waals surface area contributed by atoms with Crippen LogP contribution in [0.15, 0.2) is 63.1 Å². The van der Waals surface area contributed by atoms with Crippen LogP contribution in [-0.4, -0.2) is 25.3 Å². The summed E-state index contributed by atoms with van der Waals surface area (Å²) in [4.78, 5) is 13.1. The van der Waals surface area contributed by atoms with E-state index >= 15 is 0 Å². The van der Waals surface area contributed by atoms with Gasteiger partial charge < -0.3 is 0 Å². The SMILES string of the molecule is CCn1c(=O)sc2cc(S(=O)(=O)NCCSc3ccccc3)ccc21. The second-order valence-corrected chi connectivity index (χ2v) is 9.23. The molecule has 0 fully saturated rings. The highest BCUT2D eigenvalue weighted by molar-refractivity contribution is 7.99. The summed E-state index contributed by atoms with van der Waals surface area (Å²) in [5.41, 5.74) is 0.774. The van der Waals surface area contributed by atoms with E-state index in [0.717, 1.165) is 21.7 Å². The number of rotatable bonds is 7. The van der Waals surface area contributed by atoms with Crippen molar-refractivity contribution in [3.63, 3.8) is 0 Å². The number of hydrogen-bond donors (Lipinski definition) is 1. The fraction of sp³-hybridized carbons (Fsp3) is 0.235. The molecule has 0 unspecified atom stereocenters. The van der Waals surface area contributed by atoms with E-state index in [-0.39, 0.29) is 9.77 Å². The summed E-state index contributed by atoms with van der Waals surface area (Å²) in [6, 6.07) is 14.7. The first kappa shape index (κ1) is 18.2. The van der Waals surface area contributed by atoms with Gasteiger partial charge in [-0.2, -0.15) is 0 Å². The number of nitrogens with one attached hydrogen (secondary N) is 1. The Morgan fingerprint density at radius 2 is 1.92 bits per heavy atom. The van der Waals surface area contributed by atoms with Gasteiger partial charge in [-0.05, 0) is 37.3 Å². The van der Waals surface area contributed by atoms with Gasteiger partial charge in [0.25, 0.3) is 0 Å². The molecule has 25 heavy (non-hydrogen) atoms. The van der Waals surface area contributed by atoms with Crippen LogP contribution in [0, 0.1) is 0 Å². The van der Waals surface area contributed by atoms with E-state index in [0.29, 0.717) is 23.5 Å². The number of hydrogen-bond acceptors (Lipinski definition) is 5. The van der Waals surface area contributed by atoms with Gasteiger partial charge in [-0.3, -0.25) is 9.36 Å². The monoisotopic (exact) mass is 394 g/mol. The van der Waals surface area contributed by atoms with Crippen LogP contribution < -0.4 is 9.60 Å². The van der Waals surface area contributed by atoms with Crippen molar-refractivity contribution in [3.05, 3.63) is 58.2 Å². The predicted octanol–water partition coefficient (Wildman–Crippen LogP) is 3.15. The molecule has 0 bridgehead atoms. The average Bonchev–Trinajstić information content (AvgIpc) is 2.93. The van der Waals surface area contributed by atoms with Crippen LogP contribution in [0.5, 0.6) is 0 Å². The fourth-order valence-electron chi connectivity index (χ4n) is 2.46. The normalized spacial score (nSPS) is 11.9. The van der Waals surface area contributed by atoms with E-state index < -0.39 is 10.0 Å². The molecule has 1 heterocycles. The zero-order valence-corrected chi connectivity index (χ0v) is 16.1. The lowest BCUT2D eigenvalue weighted by Gasteiger charge is -2.07. The Morgan fingerprint density at radius 1 is 1.16 bits per heavy atom. The smallest absolute Gasteiger partial charge is 0.299 e. The Hall–Kier alpha value is -1.61. The summed E-state index contributed by atoms with van der Waals surface area (Å²) >= 11 is 2.67. The maximum atomic E-state index is 12.4. The summed E-state index contributed by atoms with van der Waals surface area (Å²) in [6.45, 7) is 2.80. The van der Waals surface area contributed by atoms with Crippen molar-refractivity contribution < 1.29 is 8.42 Å². The number of thioether (sulfide) groups is 1. The molecule has 2 aromatic carbocycles. The van der Waals surface area contributed by atoms with Crippen molar-refractivity contribution in [1.29, 1.82) is 0 Å². The second kappa shape index (κ2) is 7.74. The van der Waals surface area contributed by atoms with E-state index in [2.05, 4.69) is 4.72 Å². The van der Waals surface area contributed by atoms with E-state index in [9.17, 15) is 13.2 Å². The molecule has 0 aliphatic heterocycles. The largest absolute Gasteiger partial charge is 0.308 e. The van der Waals surface area contributed by atoms with Gasteiger partial charge in [0.15, 0.2) is 0 Å². The third-order valence-corrected chi connectivity index (χ3v) is 7.09. The minimum atomic E-state index is -3.58. The topological polar surface area (TPSA) is 68.2 Å². The van der Waals surface area contributed by atoms with Gasteiger partial charge >= 0.3 is 4.87 Å². The summed E-state index contributed by atoms with van der Waals surface area (Å²) in [6.07, 6.45) is 0. The van der Waals surface area contributed by atoms with Crippen molar-refractivity contribution >= 4 is 43.3 Å². The molecular formula is C17H18N2O3S3. The Morgan fingerprint density at radius 3 is 2.64 bits per heavy atom. The Bertz CT molecular complexity index is 1020. The van der Waals surface area contributed by atoms with Crippen molar-refractivity contribution in [2.75, 3.05) is 12.3 Å². The van der Waals surface area contributed by atoms with Gasteiger partial charge in [-0.25, -0.2) is 13.1 Å². The highest BCUT2D eigenvalue weighted by Gasteiger charge is 2.16. The summed E-state index contributed by atoms with van der Waals surface area (Å²) in [7, 11) is -3.58. The first-order valence-electron chi connectivity index (χ1n) is 7.82. The third-order valence-electron chi connectivity index (χ3n) is 3.67. The molecule has 8 heteroatoms. The van der Waals surface area contributed by atoms with Gasteiger partial charge in [0, 0.05) is 23.7 Å². The minimum Gasteiger partial charge on any atom is -0.299 e. The zero-order valence-electron chi connectivity index (χ0n) is 13.6. The highest BCUT2D eigenvalue weighted by Crippen LogP contribution is 2.22. The Labute approximate surface area is 154 Å². The van der Waals surface area contributed by atoms with Crippen LogP contribution in [0.25, 0.3) is 10.2 Å². The van der Waals surface area contributed by atoms with E-state index in [1.54, 1.807) is 34.5 Å².